The smallest absolute Gasteiger partial charge is 0.296 e. The van der Waals surface area contributed by atoms with E-state index in [2.05, 4.69) is 16.8 Å². The number of aliphatic hydroxyl groups is 1. The SMILES string of the molecule is C=CCSc1nnc(N2C(=O)C(O)=C(C(=O)c3ccco3)[C@H]2c2ccc(C)cc2)s1. The van der Waals surface area contributed by atoms with E-state index in [0.717, 1.165) is 5.56 Å². The Morgan fingerprint density at radius 2 is 2.10 bits per heavy atom. The Morgan fingerprint density at radius 3 is 2.77 bits per heavy atom. The number of benzene rings is 1. The van der Waals surface area contributed by atoms with E-state index < -0.39 is 23.5 Å². The van der Waals surface area contributed by atoms with Crippen molar-refractivity contribution in [1.29, 1.82) is 0 Å². The fourth-order valence-corrected chi connectivity index (χ4v) is 4.76. The molecule has 0 radical (unpaired) electrons. The summed E-state index contributed by atoms with van der Waals surface area (Å²) < 4.78 is 5.88. The van der Waals surface area contributed by atoms with Crippen LogP contribution < -0.4 is 4.90 Å². The molecule has 1 atom stereocenters. The summed E-state index contributed by atoms with van der Waals surface area (Å²) in [4.78, 5) is 27.4. The zero-order chi connectivity index (χ0) is 21.3. The third kappa shape index (κ3) is 3.57. The molecule has 30 heavy (non-hydrogen) atoms. The van der Waals surface area contributed by atoms with Gasteiger partial charge in [0.15, 0.2) is 15.9 Å². The standard InChI is InChI=1S/C21H17N3O4S2/c1-3-11-29-21-23-22-20(30-21)24-16(13-8-6-12(2)7-9-13)15(18(26)19(24)27)17(25)14-5-4-10-28-14/h3-10,16,26H,1,11H2,2H3/t16-/m1/s1. The minimum absolute atomic E-state index is 0.0443. The van der Waals surface area contributed by atoms with Crippen LogP contribution in [0.15, 0.2) is 75.4 Å². The van der Waals surface area contributed by atoms with Crippen LogP contribution in [0.3, 0.4) is 0 Å². The summed E-state index contributed by atoms with van der Waals surface area (Å²) in [6.45, 7) is 5.62. The summed E-state index contributed by atoms with van der Waals surface area (Å²) in [5.74, 6) is -1.17. The maximum atomic E-state index is 13.1. The van der Waals surface area contributed by atoms with Crippen LogP contribution in [0.4, 0.5) is 5.13 Å². The molecule has 7 nitrogen and oxygen atoms in total. The topological polar surface area (TPSA) is 96.5 Å². The van der Waals surface area contributed by atoms with Gasteiger partial charge in [-0.05, 0) is 24.6 Å². The van der Waals surface area contributed by atoms with Crippen LogP contribution in [0.1, 0.15) is 27.7 Å². The molecule has 1 aliphatic rings. The molecule has 0 spiro atoms. The van der Waals surface area contributed by atoms with Gasteiger partial charge >= 0.3 is 0 Å². The van der Waals surface area contributed by atoms with Crippen molar-refractivity contribution in [2.45, 2.75) is 17.3 Å². The number of Topliss-reactive ketones (excluding diaryl/α,β-unsaturated/α-hetero) is 1. The molecule has 0 saturated heterocycles. The van der Waals surface area contributed by atoms with Gasteiger partial charge in [0.25, 0.3) is 5.91 Å². The number of anilines is 1. The van der Waals surface area contributed by atoms with Crippen molar-refractivity contribution < 1.29 is 19.1 Å². The number of amides is 1. The summed E-state index contributed by atoms with van der Waals surface area (Å²) in [5, 5.41) is 19.2. The molecule has 9 heteroatoms. The van der Waals surface area contributed by atoms with Crippen molar-refractivity contribution in [3.05, 3.63) is 83.5 Å². The molecule has 152 valence electrons. The largest absolute Gasteiger partial charge is 0.503 e. The number of thioether (sulfide) groups is 1. The number of aliphatic hydroxyl groups excluding tert-OH is 1. The quantitative estimate of drug-likeness (QED) is 0.251. The van der Waals surface area contributed by atoms with Gasteiger partial charge in [-0.1, -0.05) is 59.0 Å². The molecular weight excluding hydrogens is 422 g/mol. The number of hydrogen-bond donors (Lipinski definition) is 1. The molecule has 1 amide bonds. The third-order valence-corrected chi connectivity index (χ3v) is 6.57. The first kappa shape index (κ1) is 20.1. The zero-order valence-corrected chi connectivity index (χ0v) is 17.6. The van der Waals surface area contributed by atoms with E-state index in [9.17, 15) is 14.7 Å². The average molecular weight is 440 g/mol. The van der Waals surface area contributed by atoms with Gasteiger partial charge in [0.1, 0.15) is 0 Å². The van der Waals surface area contributed by atoms with Crippen LogP contribution in [0, 0.1) is 6.92 Å². The van der Waals surface area contributed by atoms with Crippen molar-refractivity contribution in [3.63, 3.8) is 0 Å². The Balaban J connectivity index is 1.80. The summed E-state index contributed by atoms with van der Waals surface area (Å²) in [6, 6.07) is 9.64. The van der Waals surface area contributed by atoms with Gasteiger partial charge in [-0.3, -0.25) is 14.5 Å². The predicted molar refractivity (Wildman–Crippen MR) is 115 cm³/mol. The molecule has 1 aliphatic heterocycles. The normalized spacial score (nSPS) is 16.4. The van der Waals surface area contributed by atoms with Gasteiger partial charge in [0.2, 0.25) is 10.9 Å². The molecule has 3 heterocycles. The lowest BCUT2D eigenvalue weighted by molar-refractivity contribution is -0.117. The number of carbonyl (C=O) groups excluding carboxylic acids is 2. The predicted octanol–water partition coefficient (Wildman–Crippen LogP) is 4.50. The van der Waals surface area contributed by atoms with Gasteiger partial charge < -0.3 is 9.52 Å². The molecule has 1 aromatic carbocycles. The highest BCUT2D eigenvalue weighted by Crippen LogP contribution is 2.43. The first-order valence-electron chi connectivity index (χ1n) is 9.00. The lowest BCUT2D eigenvalue weighted by Gasteiger charge is -2.23. The summed E-state index contributed by atoms with van der Waals surface area (Å²) in [5.41, 5.74) is 1.65. The minimum atomic E-state index is -0.846. The number of carbonyl (C=O) groups is 2. The van der Waals surface area contributed by atoms with Crippen LogP contribution >= 0.6 is 23.1 Å². The Hall–Kier alpha value is -3.17. The van der Waals surface area contributed by atoms with E-state index in [-0.39, 0.29) is 11.3 Å². The molecule has 3 aromatic rings. The second-order valence-electron chi connectivity index (χ2n) is 6.51. The molecule has 1 N–H and O–H groups in total. The molecule has 2 aromatic heterocycles. The highest BCUT2D eigenvalue weighted by Gasteiger charge is 2.46. The summed E-state index contributed by atoms with van der Waals surface area (Å²) in [6.07, 6.45) is 3.11. The van der Waals surface area contributed by atoms with Crippen molar-refractivity contribution in [2.24, 2.45) is 0 Å². The number of ketones is 1. The van der Waals surface area contributed by atoms with Crippen LogP contribution in [0.2, 0.25) is 0 Å². The van der Waals surface area contributed by atoms with E-state index in [1.807, 2.05) is 31.2 Å². The molecule has 0 saturated carbocycles. The molecule has 0 aliphatic carbocycles. The monoisotopic (exact) mass is 439 g/mol. The number of furan rings is 1. The van der Waals surface area contributed by atoms with Crippen LogP contribution in [0.25, 0.3) is 0 Å². The van der Waals surface area contributed by atoms with Crippen molar-refractivity contribution >= 4 is 39.9 Å². The van der Waals surface area contributed by atoms with Gasteiger partial charge in [0, 0.05) is 5.75 Å². The first-order valence-corrected chi connectivity index (χ1v) is 10.8. The van der Waals surface area contributed by atoms with Gasteiger partial charge in [-0.15, -0.1) is 16.8 Å². The fourth-order valence-electron chi connectivity index (χ4n) is 3.13. The maximum Gasteiger partial charge on any atom is 0.296 e. The summed E-state index contributed by atoms with van der Waals surface area (Å²) >= 11 is 2.65. The lowest BCUT2D eigenvalue weighted by atomic mass is 9.95. The highest BCUT2D eigenvalue weighted by atomic mass is 32.2. The Bertz CT molecular complexity index is 1130. The van der Waals surface area contributed by atoms with Crippen molar-refractivity contribution in [3.8, 4) is 0 Å². The lowest BCUT2D eigenvalue weighted by Crippen LogP contribution is -2.31. The highest BCUT2D eigenvalue weighted by molar-refractivity contribution is 8.01. The second kappa shape index (κ2) is 8.29. The Morgan fingerprint density at radius 1 is 1.33 bits per heavy atom. The number of nitrogens with zero attached hydrogens (tertiary/aromatic N) is 3. The van der Waals surface area contributed by atoms with Crippen molar-refractivity contribution in [2.75, 3.05) is 10.7 Å². The Labute approximate surface area is 180 Å². The second-order valence-corrected chi connectivity index (χ2v) is 8.73. The van der Waals surface area contributed by atoms with E-state index in [4.69, 9.17) is 4.42 Å². The molecule has 0 fully saturated rings. The van der Waals surface area contributed by atoms with Crippen LogP contribution in [-0.4, -0.2) is 32.7 Å². The number of aryl methyl sites for hydroxylation is 1. The fraction of sp³-hybridized carbons (Fsp3) is 0.143. The minimum Gasteiger partial charge on any atom is -0.503 e. The van der Waals surface area contributed by atoms with E-state index in [1.54, 1.807) is 12.1 Å². The third-order valence-electron chi connectivity index (χ3n) is 4.52. The average Bonchev–Trinajstić information content (AvgIpc) is 3.48. The van der Waals surface area contributed by atoms with E-state index in [0.29, 0.717) is 20.8 Å². The molecule has 0 bridgehead atoms. The van der Waals surface area contributed by atoms with Crippen LogP contribution in [0.5, 0.6) is 0 Å². The number of hydrogen-bond acceptors (Lipinski definition) is 8. The Kier molecular flexibility index (Phi) is 5.56. The molecule has 0 unspecified atom stereocenters. The van der Waals surface area contributed by atoms with Gasteiger partial charge in [-0.25, -0.2) is 0 Å². The first-order chi connectivity index (χ1) is 14.5. The molecule has 4 rings (SSSR count). The zero-order valence-electron chi connectivity index (χ0n) is 15.9. The number of rotatable bonds is 7. The van der Waals surface area contributed by atoms with Crippen LogP contribution in [-0.2, 0) is 4.79 Å². The maximum absolute atomic E-state index is 13.1. The van der Waals surface area contributed by atoms with Gasteiger partial charge in [-0.2, -0.15) is 0 Å². The van der Waals surface area contributed by atoms with Crippen molar-refractivity contribution in [1.82, 2.24) is 10.2 Å². The number of aromatic nitrogens is 2. The summed E-state index contributed by atoms with van der Waals surface area (Å²) in [7, 11) is 0. The molecular formula is C21H17N3O4S2. The van der Waals surface area contributed by atoms with E-state index in [1.165, 1.54) is 40.3 Å². The van der Waals surface area contributed by atoms with Gasteiger partial charge in [0.05, 0.1) is 17.9 Å². The van der Waals surface area contributed by atoms with E-state index >= 15 is 0 Å².